The molecule has 0 bridgehead atoms. The van der Waals surface area contributed by atoms with Gasteiger partial charge >= 0.3 is 0 Å². The summed E-state index contributed by atoms with van der Waals surface area (Å²) in [5.41, 5.74) is 6.50. The summed E-state index contributed by atoms with van der Waals surface area (Å²) in [5, 5.41) is 3.48. The Labute approximate surface area is 238 Å². The van der Waals surface area contributed by atoms with E-state index in [4.69, 9.17) is 57.6 Å². The van der Waals surface area contributed by atoms with Crippen LogP contribution in [0.4, 0.5) is 0 Å². The lowest BCUT2D eigenvalue weighted by Gasteiger charge is -2.09. The maximum atomic E-state index is 6.50. The van der Waals surface area contributed by atoms with Gasteiger partial charge in [0.15, 0.2) is 0 Å². The molecule has 0 saturated heterocycles. The number of ether oxygens (including phenoxy) is 11. The first-order chi connectivity index (χ1) is 19.4. The van der Waals surface area contributed by atoms with Gasteiger partial charge in [-0.1, -0.05) is 0 Å². The topological polar surface area (TPSA) is 152 Å². The molecule has 232 valence electrons. The Morgan fingerprint density at radius 2 is 0.564 bits per heavy atom. The Balaban J connectivity index is 3.02. The van der Waals surface area contributed by atoms with Crippen LogP contribution < -0.4 is 4.91 Å². The third kappa shape index (κ3) is 37.2. The van der Waals surface area contributed by atoms with E-state index in [0.717, 1.165) is 5.75 Å². The number of hydrogen-bond acceptors (Lipinski definition) is 14. The molecule has 0 aromatic rings. The number of hydrogen-bond donors (Lipinski definition) is 2. The van der Waals surface area contributed by atoms with Gasteiger partial charge in [0.25, 0.3) is 0 Å². The van der Waals surface area contributed by atoms with E-state index in [9.17, 15) is 0 Å². The third-order valence-corrected chi connectivity index (χ3v) is 4.54. The average Bonchev–Trinajstić information content (AvgIpc) is 2.95. The second-order valence-electron chi connectivity index (χ2n) is 7.42. The number of rotatable bonds is 35. The van der Waals surface area contributed by atoms with Gasteiger partial charge in [-0.05, 0) is 0 Å². The molecule has 0 aromatic carbocycles. The number of nitrogens with one attached hydrogen (secondary N) is 1. The minimum atomic E-state index is 0.392. The molecule has 1 N–H and O–H groups in total. The Bertz CT molecular complexity index is 510. The van der Waals surface area contributed by atoms with E-state index in [2.05, 4.69) is 22.7 Å². The van der Waals surface area contributed by atoms with Gasteiger partial charge in [0.05, 0.1) is 145 Å². The molecule has 0 aliphatic rings. The van der Waals surface area contributed by atoms with Gasteiger partial charge < -0.3 is 52.1 Å². The van der Waals surface area contributed by atoms with Crippen molar-refractivity contribution in [2.75, 3.05) is 158 Å². The highest BCUT2D eigenvalue weighted by Crippen LogP contribution is 1.87. The van der Waals surface area contributed by atoms with Crippen LogP contribution in [0.15, 0.2) is 5.11 Å². The van der Waals surface area contributed by atoms with Crippen LogP contribution in [0.2, 0.25) is 0 Å². The smallest absolute Gasteiger partial charge is 0.214 e. The summed E-state index contributed by atoms with van der Waals surface area (Å²) in [6.45, 7) is 11.8. The number of thiol groups is 1. The Morgan fingerprint density at radius 3 is 0.769 bits per heavy atom. The van der Waals surface area contributed by atoms with E-state index >= 15 is 0 Å². The van der Waals surface area contributed by atoms with Crippen LogP contribution in [0.25, 0.3) is 0 Å². The van der Waals surface area contributed by atoms with Gasteiger partial charge in [-0.3, -0.25) is 0 Å². The fourth-order valence-electron chi connectivity index (χ4n) is 2.52. The fraction of sp³-hybridized carbons (Fsp3) is 1.00. The standard InChI is InChI=1S/C24H49N3O11S/c25-27-26-1-2-28-3-4-29-5-6-30-7-8-31-9-10-32-11-12-33-13-14-34-15-16-35-17-18-36-19-20-37-21-22-38-23-24-39/h25H,1-24H2/p+1. The van der Waals surface area contributed by atoms with Gasteiger partial charge in [-0.15, -0.1) is 0 Å². The normalized spacial score (nSPS) is 11.2. The van der Waals surface area contributed by atoms with Crippen molar-refractivity contribution in [1.29, 1.82) is 5.53 Å². The molecule has 0 fully saturated rings. The first kappa shape index (κ1) is 38.2. The summed E-state index contributed by atoms with van der Waals surface area (Å²) >= 11 is 4.06. The minimum Gasteiger partial charge on any atom is -0.378 e. The molecular weight excluding hydrogens is 538 g/mol. The van der Waals surface area contributed by atoms with Gasteiger partial charge in [-0.25, -0.2) is 0 Å². The Kier molecular flexibility index (Phi) is 36.5. The fourth-order valence-corrected chi connectivity index (χ4v) is 2.65. The van der Waals surface area contributed by atoms with Crippen LogP contribution in [0.3, 0.4) is 0 Å². The molecule has 0 saturated carbocycles. The van der Waals surface area contributed by atoms with Crippen molar-refractivity contribution in [3.63, 3.8) is 0 Å². The average molecular weight is 589 g/mol. The van der Waals surface area contributed by atoms with Gasteiger partial charge in [0, 0.05) is 5.75 Å². The summed E-state index contributed by atoms with van der Waals surface area (Å²) in [6.07, 6.45) is 0. The molecule has 0 aliphatic carbocycles. The maximum Gasteiger partial charge on any atom is 0.214 e. The van der Waals surface area contributed by atoms with Crippen molar-refractivity contribution in [3.05, 3.63) is 0 Å². The van der Waals surface area contributed by atoms with E-state index in [1.165, 1.54) is 0 Å². The van der Waals surface area contributed by atoms with Crippen molar-refractivity contribution >= 4 is 12.6 Å². The SMILES string of the molecule is N=[N+]=NCCOCCOCCOCCOCCOCCOCCOCCOCCOCCOCCOCCS. The van der Waals surface area contributed by atoms with E-state index in [1.807, 2.05) is 0 Å². The summed E-state index contributed by atoms with van der Waals surface area (Å²) in [7, 11) is 0. The summed E-state index contributed by atoms with van der Waals surface area (Å²) in [6, 6.07) is 0. The minimum absolute atomic E-state index is 0.392. The predicted molar refractivity (Wildman–Crippen MR) is 145 cm³/mol. The molecule has 0 radical (unpaired) electrons. The van der Waals surface area contributed by atoms with E-state index in [1.54, 1.807) is 0 Å². The van der Waals surface area contributed by atoms with Gasteiger partial charge in [0.1, 0.15) is 17.2 Å². The lowest BCUT2D eigenvalue weighted by molar-refractivity contribution is -0.0273. The Morgan fingerprint density at radius 1 is 0.359 bits per heavy atom. The molecule has 0 unspecified atom stereocenters. The lowest BCUT2D eigenvalue weighted by atomic mass is 10.6. The molecular formula is C24H50N3O11S+. The zero-order valence-electron chi connectivity index (χ0n) is 23.3. The zero-order valence-corrected chi connectivity index (χ0v) is 24.2. The molecule has 15 heteroatoms. The highest BCUT2D eigenvalue weighted by molar-refractivity contribution is 7.80. The predicted octanol–water partition coefficient (Wildman–Crippen LogP) is 0.649. The van der Waals surface area contributed by atoms with E-state index < -0.39 is 0 Å². The summed E-state index contributed by atoms with van der Waals surface area (Å²) in [4.78, 5) is 2.89. The van der Waals surface area contributed by atoms with Crippen molar-refractivity contribution in [2.24, 2.45) is 5.11 Å². The first-order valence-electron chi connectivity index (χ1n) is 13.4. The molecule has 39 heavy (non-hydrogen) atoms. The second kappa shape index (κ2) is 37.2. The van der Waals surface area contributed by atoms with Crippen molar-refractivity contribution in [3.8, 4) is 0 Å². The van der Waals surface area contributed by atoms with Crippen LogP contribution in [0.1, 0.15) is 0 Å². The zero-order chi connectivity index (χ0) is 28.2. The Hall–Kier alpha value is -0.780. The molecule has 0 heterocycles. The maximum absolute atomic E-state index is 6.50. The van der Waals surface area contributed by atoms with Crippen LogP contribution in [-0.2, 0) is 52.1 Å². The quantitative estimate of drug-likeness (QED) is 0.0465. The molecule has 0 rings (SSSR count). The monoisotopic (exact) mass is 588 g/mol. The van der Waals surface area contributed by atoms with Crippen LogP contribution in [0.5, 0.6) is 0 Å². The molecule has 0 aromatic heterocycles. The summed E-state index contributed by atoms with van der Waals surface area (Å²) < 4.78 is 59.3. The van der Waals surface area contributed by atoms with Gasteiger partial charge in [-0.2, -0.15) is 12.6 Å². The van der Waals surface area contributed by atoms with Crippen LogP contribution in [0, 0.1) is 5.53 Å². The third-order valence-electron chi connectivity index (χ3n) is 4.36. The summed E-state index contributed by atoms with van der Waals surface area (Å²) in [5.74, 6) is 0.719. The van der Waals surface area contributed by atoms with Crippen molar-refractivity contribution in [2.45, 2.75) is 0 Å². The first-order valence-corrected chi connectivity index (χ1v) is 14.0. The van der Waals surface area contributed by atoms with E-state index in [-0.39, 0.29) is 0 Å². The van der Waals surface area contributed by atoms with Gasteiger partial charge in [0.2, 0.25) is 4.91 Å². The van der Waals surface area contributed by atoms with Crippen molar-refractivity contribution < 1.29 is 52.1 Å². The van der Waals surface area contributed by atoms with E-state index in [0.29, 0.717) is 152 Å². The molecule has 0 amide bonds. The molecule has 14 nitrogen and oxygen atoms in total. The van der Waals surface area contributed by atoms with Crippen LogP contribution in [-0.4, -0.2) is 158 Å². The second-order valence-corrected chi connectivity index (χ2v) is 7.87. The molecule has 0 spiro atoms. The largest absolute Gasteiger partial charge is 0.378 e. The highest BCUT2D eigenvalue weighted by atomic mass is 32.1. The lowest BCUT2D eigenvalue weighted by Crippen LogP contribution is -2.15. The van der Waals surface area contributed by atoms with Crippen LogP contribution >= 0.6 is 12.6 Å². The molecule has 0 aliphatic heterocycles. The van der Waals surface area contributed by atoms with Crippen molar-refractivity contribution in [1.82, 2.24) is 4.91 Å². The molecule has 0 atom stereocenters. The number of nitrogens with zero attached hydrogens (tertiary/aromatic N) is 2. The highest BCUT2D eigenvalue weighted by Gasteiger charge is 1.96.